The van der Waals surface area contributed by atoms with E-state index in [0.29, 0.717) is 0 Å². The zero-order valence-corrected chi connectivity index (χ0v) is 11.8. The molecule has 2 nitrogen and oxygen atoms in total. The summed E-state index contributed by atoms with van der Waals surface area (Å²) < 4.78 is 5.60. The Morgan fingerprint density at radius 1 is 1.00 bits per heavy atom. The van der Waals surface area contributed by atoms with Gasteiger partial charge in [0.1, 0.15) is 0 Å². The summed E-state index contributed by atoms with van der Waals surface area (Å²) in [5.41, 5.74) is 0. The van der Waals surface area contributed by atoms with Crippen LogP contribution in [0.4, 0.5) is 0 Å². The summed E-state index contributed by atoms with van der Waals surface area (Å²) >= 11 is 0. The molecule has 0 saturated carbocycles. The molecule has 0 spiro atoms. The second kappa shape index (κ2) is 11.4. The van der Waals surface area contributed by atoms with Crippen LogP contribution in [0.15, 0.2) is 0 Å². The van der Waals surface area contributed by atoms with E-state index in [2.05, 4.69) is 32.7 Å². The van der Waals surface area contributed by atoms with Crippen molar-refractivity contribution >= 4 is 0 Å². The van der Waals surface area contributed by atoms with Crippen molar-refractivity contribution in [2.24, 2.45) is 5.92 Å². The van der Waals surface area contributed by atoms with Gasteiger partial charge < -0.3 is 9.64 Å². The van der Waals surface area contributed by atoms with Gasteiger partial charge in [0.15, 0.2) is 0 Å². The SMILES string of the molecule is CCN(C)CCCCCOCCCC(C)C. The molecule has 0 rings (SSSR count). The van der Waals surface area contributed by atoms with E-state index in [4.69, 9.17) is 4.74 Å². The summed E-state index contributed by atoms with van der Waals surface area (Å²) in [6.45, 7) is 11.0. The number of nitrogens with zero attached hydrogens (tertiary/aromatic N) is 1. The molecule has 0 aromatic carbocycles. The maximum absolute atomic E-state index is 5.60. The molecule has 16 heavy (non-hydrogen) atoms. The molecule has 0 unspecified atom stereocenters. The number of unbranched alkanes of at least 4 members (excludes halogenated alkanes) is 2. The predicted molar refractivity (Wildman–Crippen MR) is 71.9 cm³/mol. The van der Waals surface area contributed by atoms with Crippen LogP contribution in [0.25, 0.3) is 0 Å². The molecule has 2 heteroatoms. The molecule has 0 amide bonds. The van der Waals surface area contributed by atoms with E-state index in [0.717, 1.165) is 25.7 Å². The fraction of sp³-hybridized carbons (Fsp3) is 1.00. The van der Waals surface area contributed by atoms with Gasteiger partial charge >= 0.3 is 0 Å². The third-order valence-corrected chi connectivity index (χ3v) is 2.94. The molecule has 0 aromatic heterocycles. The van der Waals surface area contributed by atoms with Crippen LogP contribution in [-0.2, 0) is 4.74 Å². The van der Waals surface area contributed by atoms with Gasteiger partial charge in [-0.3, -0.25) is 0 Å². The second-order valence-corrected chi connectivity index (χ2v) is 5.11. The highest BCUT2D eigenvalue weighted by molar-refractivity contribution is 4.49. The van der Waals surface area contributed by atoms with Crippen molar-refractivity contribution in [1.82, 2.24) is 4.90 Å². The van der Waals surface area contributed by atoms with E-state index in [9.17, 15) is 0 Å². The third-order valence-electron chi connectivity index (χ3n) is 2.94. The lowest BCUT2D eigenvalue weighted by Gasteiger charge is -2.13. The van der Waals surface area contributed by atoms with Crippen LogP contribution < -0.4 is 0 Å². The highest BCUT2D eigenvalue weighted by Crippen LogP contribution is 2.04. The molecule has 0 aromatic rings. The lowest BCUT2D eigenvalue weighted by atomic mass is 10.1. The van der Waals surface area contributed by atoms with Gasteiger partial charge in [0.05, 0.1) is 0 Å². The molecule has 0 saturated heterocycles. The average molecular weight is 229 g/mol. The number of ether oxygens (including phenoxy) is 1. The summed E-state index contributed by atoms with van der Waals surface area (Å²) in [4.78, 5) is 2.36. The first-order valence-corrected chi connectivity index (χ1v) is 6.93. The number of rotatable bonds is 11. The molecule has 0 aliphatic rings. The maximum atomic E-state index is 5.60. The lowest BCUT2D eigenvalue weighted by molar-refractivity contribution is 0.123. The Morgan fingerprint density at radius 3 is 2.31 bits per heavy atom. The molecule has 0 heterocycles. The Labute approximate surface area is 102 Å². The van der Waals surface area contributed by atoms with Crippen molar-refractivity contribution in [2.75, 3.05) is 33.4 Å². The normalized spacial score (nSPS) is 11.6. The van der Waals surface area contributed by atoms with Gasteiger partial charge in [-0.05, 0) is 58.2 Å². The van der Waals surface area contributed by atoms with E-state index in [1.165, 1.54) is 38.6 Å². The van der Waals surface area contributed by atoms with Gasteiger partial charge in [0, 0.05) is 13.2 Å². The molecule has 0 N–H and O–H groups in total. The summed E-state index contributed by atoms with van der Waals surface area (Å²) in [6, 6.07) is 0. The summed E-state index contributed by atoms with van der Waals surface area (Å²) in [5.74, 6) is 0.813. The van der Waals surface area contributed by atoms with Gasteiger partial charge in [-0.2, -0.15) is 0 Å². The molecule has 0 bridgehead atoms. The first-order valence-electron chi connectivity index (χ1n) is 6.93. The molecule has 0 aliphatic carbocycles. The second-order valence-electron chi connectivity index (χ2n) is 5.11. The monoisotopic (exact) mass is 229 g/mol. The Bertz CT molecular complexity index is 137. The van der Waals surface area contributed by atoms with Crippen molar-refractivity contribution in [3.63, 3.8) is 0 Å². The first kappa shape index (κ1) is 15.9. The van der Waals surface area contributed by atoms with Crippen LogP contribution in [0, 0.1) is 5.92 Å². The molecule has 0 atom stereocenters. The maximum Gasteiger partial charge on any atom is 0.0466 e. The highest BCUT2D eigenvalue weighted by Gasteiger charge is 1.96. The van der Waals surface area contributed by atoms with Crippen LogP contribution in [0.1, 0.15) is 52.9 Å². The minimum atomic E-state index is 0.813. The standard InChI is InChI=1S/C14H31NO/c1-5-15(4)11-7-6-8-12-16-13-9-10-14(2)3/h14H,5-13H2,1-4H3. The van der Waals surface area contributed by atoms with Crippen molar-refractivity contribution in [3.8, 4) is 0 Å². The van der Waals surface area contributed by atoms with E-state index in [-0.39, 0.29) is 0 Å². The molecule has 0 radical (unpaired) electrons. The molecule has 98 valence electrons. The summed E-state index contributed by atoms with van der Waals surface area (Å²) in [5, 5.41) is 0. The summed E-state index contributed by atoms with van der Waals surface area (Å²) in [7, 11) is 2.18. The van der Waals surface area contributed by atoms with Crippen LogP contribution >= 0.6 is 0 Å². The van der Waals surface area contributed by atoms with Crippen molar-refractivity contribution in [3.05, 3.63) is 0 Å². The van der Waals surface area contributed by atoms with Gasteiger partial charge in [-0.1, -0.05) is 20.8 Å². The molecular formula is C14H31NO. The lowest BCUT2D eigenvalue weighted by Crippen LogP contribution is -2.18. The van der Waals surface area contributed by atoms with Gasteiger partial charge in [0.25, 0.3) is 0 Å². The van der Waals surface area contributed by atoms with Gasteiger partial charge in [0.2, 0.25) is 0 Å². The molecule has 0 fully saturated rings. The number of hydrogen-bond donors (Lipinski definition) is 0. The quantitative estimate of drug-likeness (QED) is 0.502. The zero-order chi connectivity index (χ0) is 12.2. The van der Waals surface area contributed by atoms with E-state index in [1.807, 2.05) is 0 Å². The zero-order valence-electron chi connectivity index (χ0n) is 11.8. The Balaban J connectivity index is 2.99. The Hall–Kier alpha value is -0.0800. The Morgan fingerprint density at radius 2 is 1.69 bits per heavy atom. The van der Waals surface area contributed by atoms with E-state index >= 15 is 0 Å². The minimum Gasteiger partial charge on any atom is -0.381 e. The Kier molecular flexibility index (Phi) is 11.3. The average Bonchev–Trinajstić information content (AvgIpc) is 2.26. The van der Waals surface area contributed by atoms with E-state index < -0.39 is 0 Å². The van der Waals surface area contributed by atoms with Crippen LogP contribution in [0.2, 0.25) is 0 Å². The minimum absolute atomic E-state index is 0.813. The topological polar surface area (TPSA) is 12.5 Å². The highest BCUT2D eigenvalue weighted by atomic mass is 16.5. The largest absolute Gasteiger partial charge is 0.381 e. The van der Waals surface area contributed by atoms with Crippen molar-refractivity contribution in [2.45, 2.75) is 52.9 Å². The third kappa shape index (κ3) is 12.0. The van der Waals surface area contributed by atoms with Crippen molar-refractivity contribution < 1.29 is 4.74 Å². The predicted octanol–water partition coefficient (Wildman–Crippen LogP) is 3.56. The van der Waals surface area contributed by atoms with Crippen LogP contribution in [0.5, 0.6) is 0 Å². The smallest absolute Gasteiger partial charge is 0.0466 e. The van der Waals surface area contributed by atoms with E-state index in [1.54, 1.807) is 0 Å². The fourth-order valence-electron chi connectivity index (χ4n) is 1.62. The fourth-order valence-corrected chi connectivity index (χ4v) is 1.62. The molecule has 0 aliphatic heterocycles. The van der Waals surface area contributed by atoms with Crippen LogP contribution in [0.3, 0.4) is 0 Å². The first-order chi connectivity index (χ1) is 7.66. The number of hydrogen-bond acceptors (Lipinski definition) is 2. The summed E-state index contributed by atoms with van der Waals surface area (Å²) in [6.07, 6.45) is 6.34. The van der Waals surface area contributed by atoms with Gasteiger partial charge in [-0.25, -0.2) is 0 Å². The van der Waals surface area contributed by atoms with Gasteiger partial charge in [-0.15, -0.1) is 0 Å². The molecular weight excluding hydrogens is 198 g/mol. The van der Waals surface area contributed by atoms with Crippen molar-refractivity contribution in [1.29, 1.82) is 0 Å². The van der Waals surface area contributed by atoms with Crippen LogP contribution in [-0.4, -0.2) is 38.3 Å².